The van der Waals surface area contributed by atoms with Crippen LogP contribution in [0.1, 0.15) is 24.6 Å². The van der Waals surface area contributed by atoms with Crippen LogP contribution in [0, 0.1) is 0 Å². The van der Waals surface area contributed by atoms with Crippen molar-refractivity contribution in [3.63, 3.8) is 0 Å². The van der Waals surface area contributed by atoms with Gasteiger partial charge in [0.25, 0.3) is 0 Å². The molecule has 0 fully saturated rings. The minimum atomic E-state index is -0.00803. The predicted octanol–water partition coefficient (Wildman–Crippen LogP) is 3.02. The number of methoxy groups -OCH3 is 1. The molecule has 0 aliphatic carbocycles. The number of hydrogen-bond donors (Lipinski definition) is 2. The van der Waals surface area contributed by atoms with Crippen LogP contribution in [0.15, 0.2) is 28.7 Å². The minimum Gasteiger partial charge on any atom is -0.459 e. The molecule has 0 amide bonds. The van der Waals surface area contributed by atoms with Gasteiger partial charge in [-0.25, -0.2) is 5.43 Å². The molecule has 1 unspecified atom stereocenters. The molecular weight excluding hydrogens is 252 g/mol. The van der Waals surface area contributed by atoms with Gasteiger partial charge in [0.1, 0.15) is 11.3 Å². The Labute approximate surface area is 111 Å². The third-order valence-corrected chi connectivity index (χ3v) is 3.12. The Kier molecular flexibility index (Phi) is 4.60. The zero-order valence-electron chi connectivity index (χ0n) is 10.3. The van der Waals surface area contributed by atoms with Gasteiger partial charge in [-0.3, -0.25) is 5.84 Å². The number of rotatable bonds is 6. The van der Waals surface area contributed by atoms with E-state index in [9.17, 15) is 0 Å². The van der Waals surface area contributed by atoms with E-state index in [0.29, 0.717) is 11.6 Å². The Morgan fingerprint density at radius 1 is 1.44 bits per heavy atom. The fourth-order valence-corrected chi connectivity index (χ4v) is 2.13. The van der Waals surface area contributed by atoms with E-state index in [1.165, 1.54) is 0 Å². The average Bonchev–Trinajstić information content (AvgIpc) is 2.77. The van der Waals surface area contributed by atoms with Gasteiger partial charge in [0, 0.05) is 24.1 Å². The number of fused-ring (bicyclic) bond motifs is 1. The maximum atomic E-state index is 5.95. The highest BCUT2D eigenvalue weighted by molar-refractivity contribution is 6.31. The molecule has 2 aromatic rings. The molecule has 1 heterocycles. The van der Waals surface area contributed by atoms with E-state index in [1.54, 1.807) is 7.11 Å². The summed E-state index contributed by atoms with van der Waals surface area (Å²) in [6.07, 6.45) is 1.78. The maximum Gasteiger partial charge on any atom is 0.134 e. The van der Waals surface area contributed by atoms with Crippen molar-refractivity contribution in [3.05, 3.63) is 35.0 Å². The topological polar surface area (TPSA) is 60.4 Å². The summed E-state index contributed by atoms with van der Waals surface area (Å²) in [6.45, 7) is 0.713. The third-order valence-electron chi connectivity index (χ3n) is 2.88. The fourth-order valence-electron chi connectivity index (χ4n) is 1.95. The lowest BCUT2D eigenvalue weighted by Gasteiger charge is -2.12. The first kappa shape index (κ1) is 13.4. The minimum absolute atomic E-state index is 0.00803. The number of ether oxygens (including phenoxy) is 1. The van der Waals surface area contributed by atoms with E-state index >= 15 is 0 Å². The monoisotopic (exact) mass is 268 g/mol. The number of hydrogen-bond acceptors (Lipinski definition) is 4. The van der Waals surface area contributed by atoms with Crippen LogP contribution >= 0.6 is 11.6 Å². The molecule has 1 aromatic heterocycles. The van der Waals surface area contributed by atoms with Gasteiger partial charge in [0.05, 0.1) is 6.04 Å². The first-order chi connectivity index (χ1) is 8.74. The number of nitrogens with two attached hydrogens (primary N) is 1. The van der Waals surface area contributed by atoms with Gasteiger partial charge < -0.3 is 9.15 Å². The van der Waals surface area contributed by atoms with Crippen molar-refractivity contribution >= 4 is 22.6 Å². The number of hydrazine groups is 1. The van der Waals surface area contributed by atoms with Gasteiger partial charge >= 0.3 is 0 Å². The summed E-state index contributed by atoms with van der Waals surface area (Å²) in [5.41, 5.74) is 3.59. The molecule has 5 heteroatoms. The van der Waals surface area contributed by atoms with Crippen molar-refractivity contribution in [3.8, 4) is 0 Å². The standard InChI is InChI=1S/C13H17ClN2O2/c1-17-6-2-3-11(16-15)13-8-9-7-10(14)4-5-12(9)18-13/h4-5,7-8,11,16H,2-3,6,15H2,1H3. The first-order valence-electron chi connectivity index (χ1n) is 5.88. The molecule has 2 rings (SSSR count). The second-order valence-electron chi connectivity index (χ2n) is 4.19. The van der Waals surface area contributed by atoms with Gasteiger partial charge in [0.15, 0.2) is 0 Å². The lowest BCUT2D eigenvalue weighted by atomic mass is 10.1. The van der Waals surface area contributed by atoms with Crippen molar-refractivity contribution in [2.45, 2.75) is 18.9 Å². The van der Waals surface area contributed by atoms with Crippen molar-refractivity contribution < 1.29 is 9.15 Å². The highest BCUT2D eigenvalue weighted by Crippen LogP contribution is 2.28. The summed E-state index contributed by atoms with van der Waals surface area (Å²) in [5, 5.41) is 1.69. The summed E-state index contributed by atoms with van der Waals surface area (Å²) >= 11 is 5.95. The fraction of sp³-hybridized carbons (Fsp3) is 0.385. The van der Waals surface area contributed by atoms with Crippen molar-refractivity contribution in [1.82, 2.24) is 5.43 Å². The maximum absolute atomic E-state index is 5.95. The van der Waals surface area contributed by atoms with E-state index in [1.807, 2.05) is 24.3 Å². The molecule has 0 spiro atoms. The molecule has 0 aliphatic rings. The molecule has 4 nitrogen and oxygen atoms in total. The van der Waals surface area contributed by atoms with Crippen LogP contribution in [0.4, 0.5) is 0 Å². The Morgan fingerprint density at radius 2 is 2.28 bits per heavy atom. The third kappa shape index (κ3) is 3.03. The molecule has 1 aromatic carbocycles. The van der Waals surface area contributed by atoms with Crippen LogP contribution in [-0.2, 0) is 4.74 Å². The summed E-state index contributed by atoms with van der Waals surface area (Å²) in [5.74, 6) is 6.39. The molecular formula is C13H17ClN2O2. The Hall–Kier alpha value is -1.07. The van der Waals surface area contributed by atoms with Gasteiger partial charge in [-0.15, -0.1) is 0 Å². The molecule has 0 radical (unpaired) electrons. The molecule has 18 heavy (non-hydrogen) atoms. The summed E-state index contributed by atoms with van der Waals surface area (Å²) in [6, 6.07) is 7.52. The van der Waals surface area contributed by atoms with Crippen LogP contribution in [-0.4, -0.2) is 13.7 Å². The molecule has 0 saturated carbocycles. The second kappa shape index (κ2) is 6.20. The van der Waals surface area contributed by atoms with E-state index in [-0.39, 0.29) is 6.04 Å². The highest BCUT2D eigenvalue weighted by atomic mass is 35.5. The zero-order valence-corrected chi connectivity index (χ0v) is 11.0. The van der Waals surface area contributed by atoms with Crippen LogP contribution < -0.4 is 11.3 Å². The van der Waals surface area contributed by atoms with Crippen LogP contribution in [0.3, 0.4) is 0 Å². The quantitative estimate of drug-likeness (QED) is 0.480. The summed E-state index contributed by atoms with van der Waals surface area (Å²) in [4.78, 5) is 0. The van der Waals surface area contributed by atoms with Crippen LogP contribution in [0.2, 0.25) is 5.02 Å². The molecule has 3 N–H and O–H groups in total. The summed E-state index contributed by atoms with van der Waals surface area (Å²) < 4.78 is 10.8. The number of furan rings is 1. The molecule has 0 saturated heterocycles. The molecule has 0 bridgehead atoms. The Balaban J connectivity index is 2.17. The van der Waals surface area contributed by atoms with Crippen LogP contribution in [0.25, 0.3) is 11.0 Å². The van der Waals surface area contributed by atoms with E-state index in [4.69, 9.17) is 26.6 Å². The highest BCUT2D eigenvalue weighted by Gasteiger charge is 2.14. The largest absolute Gasteiger partial charge is 0.459 e. The van der Waals surface area contributed by atoms with E-state index in [0.717, 1.165) is 29.6 Å². The first-order valence-corrected chi connectivity index (χ1v) is 6.26. The lowest BCUT2D eigenvalue weighted by molar-refractivity contribution is 0.187. The smallest absolute Gasteiger partial charge is 0.134 e. The Bertz CT molecular complexity index is 513. The van der Waals surface area contributed by atoms with Gasteiger partial charge in [0.2, 0.25) is 0 Å². The van der Waals surface area contributed by atoms with E-state index in [2.05, 4.69) is 5.43 Å². The molecule has 98 valence electrons. The average molecular weight is 269 g/mol. The van der Waals surface area contributed by atoms with Crippen molar-refractivity contribution in [2.75, 3.05) is 13.7 Å². The molecule has 0 aliphatic heterocycles. The predicted molar refractivity (Wildman–Crippen MR) is 72.4 cm³/mol. The van der Waals surface area contributed by atoms with Gasteiger partial charge in [-0.1, -0.05) is 11.6 Å². The summed E-state index contributed by atoms with van der Waals surface area (Å²) in [7, 11) is 1.69. The number of benzene rings is 1. The zero-order chi connectivity index (χ0) is 13.0. The van der Waals surface area contributed by atoms with Gasteiger partial charge in [-0.05, 0) is 37.1 Å². The van der Waals surface area contributed by atoms with Gasteiger partial charge in [-0.2, -0.15) is 0 Å². The van der Waals surface area contributed by atoms with Crippen LogP contribution in [0.5, 0.6) is 0 Å². The van der Waals surface area contributed by atoms with E-state index < -0.39 is 0 Å². The number of halogens is 1. The number of nitrogens with one attached hydrogen (secondary N) is 1. The van der Waals surface area contributed by atoms with Crippen molar-refractivity contribution in [2.24, 2.45) is 5.84 Å². The normalized spacial score (nSPS) is 13.1. The Morgan fingerprint density at radius 3 is 3.00 bits per heavy atom. The second-order valence-corrected chi connectivity index (χ2v) is 4.62. The molecule has 1 atom stereocenters. The SMILES string of the molecule is COCCCC(NN)c1cc2cc(Cl)ccc2o1. The van der Waals surface area contributed by atoms with Crippen molar-refractivity contribution in [1.29, 1.82) is 0 Å². The lowest BCUT2D eigenvalue weighted by Crippen LogP contribution is -2.27.